The van der Waals surface area contributed by atoms with E-state index >= 15 is 0 Å². The zero-order valence-electron chi connectivity index (χ0n) is 12.1. The number of fused-ring (bicyclic) bond motifs is 1. The fraction of sp³-hybridized carbons (Fsp3) is 0.611. The van der Waals surface area contributed by atoms with Crippen molar-refractivity contribution in [1.82, 2.24) is 0 Å². The maximum Gasteiger partial charge on any atom is 0.138 e. The van der Waals surface area contributed by atoms with Crippen molar-refractivity contribution >= 4 is 5.78 Å². The molecule has 0 saturated heterocycles. The van der Waals surface area contributed by atoms with Gasteiger partial charge in [0, 0.05) is 12.3 Å². The molecule has 0 bridgehead atoms. The molecule has 1 aliphatic carbocycles. The number of carbonyl (C=O) groups is 1. The molecule has 0 N–H and O–H groups in total. The fourth-order valence-corrected chi connectivity index (χ4v) is 3.60. The van der Waals surface area contributed by atoms with Gasteiger partial charge in [-0.15, -0.1) is 0 Å². The Morgan fingerprint density at radius 3 is 2.65 bits per heavy atom. The summed E-state index contributed by atoms with van der Waals surface area (Å²) in [6.07, 6.45) is 8.76. The summed E-state index contributed by atoms with van der Waals surface area (Å²) in [6, 6.07) is 8.42. The molecular weight excluding hydrogens is 248 g/mol. The van der Waals surface area contributed by atoms with E-state index in [-0.39, 0.29) is 12.0 Å². The third kappa shape index (κ3) is 3.12. The largest absolute Gasteiger partial charge is 0.373 e. The minimum atomic E-state index is -0.00398. The van der Waals surface area contributed by atoms with Gasteiger partial charge >= 0.3 is 0 Å². The minimum absolute atomic E-state index is 0.00398. The number of rotatable bonds is 3. The smallest absolute Gasteiger partial charge is 0.138 e. The van der Waals surface area contributed by atoms with Crippen LogP contribution in [0.5, 0.6) is 0 Å². The summed E-state index contributed by atoms with van der Waals surface area (Å²) in [5.74, 6) is 0.712. The Bertz CT molecular complexity index is 458. The summed E-state index contributed by atoms with van der Waals surface area (Å²) in [6.45, 7) is 0.750. The summed E-state index contributed by atoms with van der Waals surface area (Å²) >= 11 is 0. The van der Waals surface area contributed by atoms with Gasteiger partial charge in [-0.05, 0) is 30.4 Å². The van der Waals surface area contributed by atoms with Gasteiger partial charge in [-0.3, -0.25) is 4.79 Å². The van der Waals surface area contributed by atoms with E-state index in [0.29, 0.717) is 12.2 Å². The van der Waals surface area contributed by atoms with E-state index in [1.807, 2.05) is 0 Å². The maximum absolute atomic E-state index is 12.5. The Labute approximate surface area is 121 Å². The van der Waals surface area contributed by atoms with Crippen LogP contribution in [0.15, 0.2) is 24.3 Å². The summed E-state index contributed by atoms with van der Waals surface area (Å²) in [7, 11) is 0. The zero-order chi connectivity index (χ0) is 13.8. The molecule has 2 heteroatoms. The van der Waals surface area contributed by atoms with Gasteiger partial charge in [-0.1, -0.05) is 49.9 Å². The van der Waals surface area contributed by atoms with Crippen LogP contribution >= 0.6 is 0 Å². The number of hydrogen-bond donors (Lipinski definition) is 0. The molecule has 1 aliphatic heterocycles. The molecule has 2 aliphatic rings. The van der Waals surface area contributed by atoms with Crippen LogP contribution < -0.4 is 0 Å². The highest BCUT2D eigenvalue weighted by Crippen LogP contribution is 2.32. The molecule has 108 valence electrons. The third-order valence-electron chi connectivity index (χ3n) is 4.79. The second-order valence-electron chi connectivity index (χ2n) is 6.17. The van der Waals surface area contributed by atoms with E-state index < -0.39 is 0 Å². The van der Waals surface area contributed by atoms with E-state index in [1.165, 1.54) is 36.8 Å². The van der Waals surface area contributed by atoms with Crippen molar-refractivity contribution in [1.29, 1.82) is 0 Å². The molecule has 20 heavy (non-hydrogen) atoms. The SMILES string of the molecule is O=C(CC1OCCc2ccccc21)C1CCCCCC1. The van der Waals surface area contributed by atoms with Crippen LogP contribution in [0.3, 0.4) is 0 Å². The third-order valence-corrected chi connectivity index (χ3v) is 4.79. The monoisotopic (exact) mass is 272 g/mol. The van der Waals surface area contributed by atoms with Crippen LogP contribution in [0.4, 0.5) is 0 Å². The van der Waals surface area contributed by atoms with Gasteiger partial charge in [-0.2, -0.15) is 0 Å². The van der Waals surface area contributed by atoms with Gasteiger partial charge in [0.2, 0.25) is 0 Å². The summed E-state index contributed by atoms with van der Waals surface area (Å²) < 4.78 is 5.88. The Kier molecular flexibility index (Phi) is 4.51. The number of carbonyl (C=O) groups excluding carboxylic acids is 1. The molecule has 2 nitrogen and oxygen atoms in total. The Hall–Kier alpha value is -1.15. The highest BCUT2D eigenvalue weighted by Gasteiger charge is 2.27. The van der Waals surface area contributed by atoms with Crippen LogP contribution in [0.1, 0.15) is 62.2 Å². The highest BCUT2D eigenvalue weighted by molar-refractivity contribution is 5.81. The molecule has 1 aromatic carbocycles. The molecule has 3 rings (SSSR count). The molecule has 1 aromatic rings. The van der Waals surface area contributed by atoms with E-state index in [4.69, 9.17) is 4.74 Å². The molecule has 0 radical (unpaired) electrons. The summed E-state index contributed by atoms with van der Waals surface area (Å²) in [5.41, 5.74) is 2.60. The highest BCUT2D eigenvalue weighted by atomic mass is 16.5. The second-order valence-corrected chi connectivity index (χ2v) is 6.17. The van der Waals surface area contributed by atoms with Crippen molar-refractivity contribution < 1.29 is 9.53 Å². The first kappa shape index (κ1) is 13.8. The lowest BCUT2D eigenvalue weighted by Crippen LogP contribution is -2.22. The van der Waals surface area contributed by atoms with Crippen LogP contribution in [-0.4, -0.2) is 12.4 Å². The first-order chi connectivity index (χ1) is 9.84. The zero-order valence-corrected chi connectivity index (χ0v) is 12.1. The van der Waals surface area contributed by atoms with E-state index in [1.54, 1.807) is 0 Å². The van der Waals surface area contributed by atoms with Crippen molar-refractivity contribution in [2.24, 2.45) is 5.92 Å². The fourth-order valence-electron chi connectivity index (χ4n) is 3.60. The van der Waals surface area contributed by atoms with E-state index in [9.17, 15) is 4.79 Å². The minimum Gasteiger partial charge on any atom is -0.373 e. The van der Waals surface area contributed by atoms with Crippen LogP contribution in [0.25, 0.3) is 0 Å². The van der Waals surface area contributed by atoms with Crippen LogP contribution in [0, 0.1) is 5.92 Å². The standard InChI is InChI=1S/C18H24O2/c19-17(15-8-3-1-2-4-9-15)13-18-16-10-6-5-7-14(16)11-12-20-18/h5-7,10,15,18H,1-4,8-9,11-13H2. The summed E-state index contributed by atoms with van der Waals surface area (Å²) in [4.78, 5) is 12.5. The predicted octanol–water partition coefficient (Wildman–Crippen LogP) is 4.23. The van der Waals surface area contributed by atoms with Crippen molar-refractivity contribution in [3.05, 3.63) is 35.4 Å². The van der Waals surface area contributed by atoms with Gasteiger partial charge in [-0.25, -0.2) is 0 Å². The van der Waals surface area contributed by atoms with Crippen molar-refractivity contribution in [2.45, 2.75) is 57.5 Å². The van der Waals surface area contributed by atoms with Crippen molar-refractivity contribution in [2.75, 3.05) is 6.61 Å². The lowest BCUT2D eigenvalue weighted by molar-refractivity contribution is -0.126. The van der Waals surface area contributed by atoms with Crippen molar-refractivity contribution in [3.8, 4) is 0 Å². The molecule has 1 unspecified atom stereocenters. The molecule has 0 spiro atoms. The number of ketones is 1. The molecule has 0 aromatic heterocycles. The average Bonchev–Trinajstić information content (AvgIpc) is 2.77. The number of hydrogen-bond acceptors (Lipinski definition) is 2. The van der Waals surface area contributed by atoms with Crippen molar-refractivity contribution in [3.63, 3.8) is 0 Å². The van der Waals surface area contributed by atoms with Crippen LogP contribution in [0.2, 0.25) is 0 Å². The molecule has 1 atom stereocenters. The topological polar surface area (TPSA) is 26.3 Å². The Morgan fingerprint density at radius 1 is 1.10 bits per heavy atom. The molecule has 1 saturated carbocycles. The molecule has 0 amide bonds. The predicted molar refractivity (Wildman–Crippen MR) is 79.7 cm³/mol. The van der Waals surface area contributed by atoms with Gasteiger partial charge < -0.3 is 4.74 Å². The molecule has 1 fully saturated rings. The number of Topliss-reactive ketones (excluding diaryl/α,β-unsaturated/α-hetero) is 1. The van der Waals surface area contributed by atoms with Gasteiger partial charge in [0.05, 0.1) is 12.7 Å². The summed E-state index contributed by atoms with van der Waals surface area (Å²) in [5, 5.41) is 0. The normalized spacial score (nSPS) is 23.9. The Balaban J connectivity index is 1.67. The number of benzene rings is 1. The second kappa shape index (κ2) is 6.53. The van der Waals surface area contributed by atoms with Gasteiger partial charge in [0.25, 0.3) is 0 Å². The Morgan fingerprint density at radius 2 is 1.85 bits per heavy atom. The average molecular weight is 272 g/mol. The first-order valence-electron chi connectivity index (χ1n) is 8.07. The molecule has 1 heterocycles. The van der Waals surface area contributed by atoms with Crippen LogP contribution in [-0.2, 0) is 16.0 Å². The molecular formula is C18H24O2. The number of ether oxygens (including phenoxy) is 1. The first-order valence-corrected chi connectivity index (χ1v) is 8.07. The lowest BCUT2D eigenvalue weighted by Gasteiger charge is -2.26. The van der Waals surface area contributed by atoms with E-state index in [2.05, 4.69) is 24.3 Å². The van der Waals surface area contributed by atoms with Gasteiger partial charge in [0.15, 0.2) is 0 Å². The lowest BCUT2D eigenvalue weighted by atomic mass is 9.88. The van der Waals surface area contributed by atoms with Gasteiger partial charge in [0.1, 0.15) is 5.78 Å². The quantitative estimate of drug-likeness (QED) is 0.770. The van der Waals surface area contributed by atoms with E-state index in [0.717, 1.165) is 25.9 Å². The maximum atomic E-state index is 12.5.